The van der Waals surface area contributed by atoms with Gasteiger partial charge in [0.15, 0.2) is 6.10 Å². The predicted molar refractivity (Wildman–Crippen MR) is 116 cm³/mol. The Morgan fingerprint density at radius 3 is 2.00 bits per heavy atom. The Morgan fingerprint density at radius 1 is 0.784 bits per heavy atom. The molecule has 0 saturated carbocycles. The Morgan fingerprint density at radius 2 is 1.43 bits per heavy atom. The van der Waals surface area contributed by atoms with E-state index in [9.17, 15) is 49.0 Å². The van der Waals surface area contributed by atoms with Crippen LogP contribution in [0.4, 0.5) is 49.6 Å². The lowest BCUT2D eigenvalue weighted by Gasteiger charge is -2.29. The van der Waals surface area contributed by atoms with Gasteiger partial charge in [0.05, 0.1) is 22.7 Å². The second-order valence-electron chi connectivity index (χ2n) is 7.98. The molecule has 200 valence electrons. The van der Waals surface area contributed by atoms with Crippen LogP contribution in [0, 0.1) is 5.82 Å². The lowest BCUT2D eigenvalue weighted by molar-refractivity contribution is -0.200. The minimum Gasteiger partial charge on any atom is -0.382 e. The summed E-state index contributed by atoms with van der Waals surface area (Å²) in [6.45, 7) is -1.82. The number of halogens is 11. The van der Waals surface area contributed by atoms with Crippen LogP contribution < -0.4 is 4.90 Å². The first kappa shape index (κ1) is 28.6. The van der Waals surface area contributed by atoms with Crippen LogP contribution in [0.15, 0.2) is 60.7 Å². The molecule has 0 unspecified atom stereocenters. The van der Waals surface area contributed by atoms with E-state index in [2.05, 4.69) is 0 Å². The molecule has 1 atom stereocenters. The van der Waals surface area contributed by atoms with Gasteiger partial charge >= 0.3 is 18.5 Å². The van der Waals surface area contributed by atoms with E-state index in [1.165, 1.54) is 30.3 Å². The van der Waals surface area contributed by atoms with Crippen LogP contribution in [-0.2, 0) is 18.9 Å². The van der Waals surface area contributed by atoms with Crippen LogP contribution in [0.25, 0.3) is 11.1 Å². The first-order valence-corrected chi connectivity index (χ1v) is 10.7. The zero-order chi connectivity index (χ0) is 27.8. The molecule has 0 radical (unpaired) electrons. The molecule has 13 heteroatoms. The fourth-order valence-electron chi connectivity index (χ4n) is 3.44. The van der Waals surface area contributed by atoms with E-state index in [4.69, 9.17) is 11.6 Å². The number of aliphatic hydroxyl groups is 1. The number of alkyl halides is 9. The second kappa shape index (κ2) is 10.4. The highest BCUT2D eigenvalue weighted by Crippen LogP contribution is 2.38. The summed E-state index contributed by atoms with van der Waals surface area (Å²) in [5.41, 5.74) is -2.79. The summed E-state index contributed by atoms with van der Waals surface area (Å²) in [6, 6.07) is 9.62. The van der Waals surface area contributed by atoms with Crippen molar-refractivity contribution in [2.24, 2.45) is 0 Å². The molecule has 0 spiro atoms. The van der Waals surface area contributed by atoms with Crippen molar-refractivity contribution in [1.82, 2.24) is 0 Å². The highest BCUT2D eigenvalue weighted by molar-refractivity contribution is 6.31. The molecular weight excluding hydrogens is 544 g/mol. The van der Waals surface area contributed by atoms with Crippen LogP contribution in [0.5, 0.6) is 0 Å². The monoisotopic (exact) mass is 559 g/mol. The number of rotatable bonds is 6. The molecule has 3 aromatic rings. The lowest BCUT2D eigenvalue weighted by Crippen LogP contribution is -2.41. The molecule has 2 nitrogen and oxygen atoms in total. The average molecular weight is 560 g/mol. The van der Waals surface area contributed by atoms with Gasteiger partial charge in [0, 0.05) is 17.8 Å². The zero-order valence-corrected chi connectivity index (χ0v) is 19.1. The standard InChI is InChI=1S/C24H16ClF10NO/c25-19-7-5-14(9-18(19)23(30,31)32)13-2-1-3-17(8-13)36(12-21(37)24(33,34)35)11-15-4-6-16(10-20(15)26)22(27,28)29/h1-10,21,37H,11-12H2/t21-/m1/s1. The van der Waals surface area contributed by atoms with Crippen molar-refractivity contribution in [3.8, 4) is 11.1 Å². The molecule has 0 aliphatic carbocycles. The normalized spacial score (nSPS) is 13.5. The van der Waals surface area contributed by atoms with Gasteiger partial charge in [-0.05, 0) is 47.5 Å². The summed E-state index contributed by atoms with van der Waals surface area (Å²) in [5.74, 6) is -1.34. The summed E-state index contributed by atoms with van der Waals surface area (Å²) in [4.78, 5) is 0.855. The van der Waals surface area contributed by atoms with Crippen molar-refractivity contribution < 1.29 is 49.0 Å². The maximum absolute atomic E-state index is 14.4. The van der Waals surface area contributed by atoms with Crippen molar-refractivity contribution in [1.29, 1.82) is 0 Å². The maximum atomic E-state index is 14.4. The SMILES string of the molecule is O[C@H](CN(Cc1ccc(C(F)(F)F)cc1F)c1cccc(-c2ccc(Cl)c(C(F)(F)F)c2)c1)C(F)(F)F. The zero-order valence-electron chi connectivity index (χ0n) is 18.3. The van der Waals surface area contributed by atoms with E-state index in [-0.39, 0.29) is 22.9 Å². The third-order valence-corrected chi connectivity index (χ3v) is 5.66. The summed E-state index contributed by atoms with van der Waals surface area (Å²) in [6.07, 6.45) is -17.6. The molecule has 0 aromatic heterocycles. The largest absolute Gasteiger partial charge is 0.417 e. The summed E-state index contributed by atoms with van der Waals surface area (Å²) in [7, 11) is 0. The van der Waals surface area contributed by atoms with Gasteiger partial charge in [-0.1, -0.05) is 35.9 Å². The molecule has 0 amide bonds. The van der Waals surface area contributed by atoms with Crippen molar-refractivity contribution in [2.75, 3.05) is 11.4 Å². The van der Waals surface area contributed by atoms with Crippen LogP contribution in [-0.4, -0.2) is 23.9 Å². The minimum atomic E-state index is -5.08. The number of hydrogen-bond acceptors (Lipinski definition) is 2. The van der Waals surface area contributed by atoms with Crippen molar-refractivity contribution in [3.63, 3.8) is 0 Å². The Bertz CT molecular complexity index is 1250. The second-order valence-corrected chi connectivity index (χ2v) is 8.39. The summed E-state index contributed by atoms with van der Waals surface area (Å²) < 4.78 is 132. The van der Waals surface area contributed by atoms with E-state index in [1.54, 1.807) is 0 Å². The molecule has 0 aliphatic heterocycles. The molecule has 3 rings (SSSR count). The number of aliphatic hydroxyl groups excluding tert-OH is 1. The molecule has 37 heavy (non-hydrogen) atoms. The number of hydrogen-bond donors (Lipinski definition) is 1. The van der Waals surface area contributed by atoms with Gasteiger partial charge in [-0.25, -0.2) is 4.39 Å². The van der Waals surface area contributed by atoms with Crippen LogP contribution in [0.3, 0.4) is 0 Å². The van der Waals surface area contributed by atoms with Gasteiger partial charge in [-0.2, -0.15) is 39.5 Å². The molecule has 0 aliphatic rings. The van der Waals surface area contributed by atoms with E-state index in [0.29, 0.717) is 6.07 Å². The third-order valence-electron chi connectivity index (χ3n) is 5.33. The fraction of sp³-hybridized carbons (Fsp3) is 0.250. The molecule has 0 bridgehead atoms. The summed E-state index contributed by atoms with van der Waals surface area (Å²) in [5, 5.41) is 9.04. The summed E-state index contributed by atoms with van der Waals surface area (Å²) >= 11 is 5.63. The number of benzene rings is 3. The molecular formula is C24H16ClF10NO. The Labute approximate surface area is 208 Å². The Kier molecular flexibility index (Phi) is 8.04. The van der Waals surface area contributed by atoms with E-state index < -0.39 is 65.3 Å². The molecule has 0 heterocycles. The van der Waals surface area contributed by atoms with Crippen molar-refractivity contribution in [3.05, 3.63) is 88.2 Å². The van der Waals surface area contributed by atoms with Crippen LogP contribution in [0.1, 0.15) is 16.7 Å². The first-order chi connectivity index (χ1) is 17.0. The Balaban J connectivity index is 2.03. The predicted octanol–water partition coefficient (Wildman–Crippen LogP) is 8.11. The number of anilines is 1. The van der Waals surface area contributed by atoms with E-state index in [0.717, 1.165) is 23.1 Å². The fourth-order valence-corrected chi connectivity index (χ4v) is 3.66. The maximum Gasteiger partial charge on any atom is 0.417 e. The van der Waals surface area contributed by atoms with Gasteiger partial charge < -0.3 is 10.0 Å². The van der Waals surface area contributed by atoms with Gasteiger partial charge in [0.25, 0.3) is 0 Å². The lowest BCUT2D eigenvalue weighted by atomic mass is 10.0. The first-order valence-electron chi connectivity index (χ1n) is 10.3. The molecule has 3 aromatic carbocycles. The Hall–Kier alpha value is -2.99. The van der Waals surface area contributed by atoms with Crippen molar-refractivity contribution in [2.45, 2.75) is 31.2 Å². The van der Waals surface area contributed by atoms with Gasteiger partial charge in [-0.15, -0.1) is 0 Å². The highest BCUT2D eigenvalue weighted by atomic mass is 35.5. The third kappa shape index (κ3) is 7.07. The van der Waals surface area contributed by atoms with Crippen molar-refractivity contribution >= 4 is 17.3 Å². The van der Waals surface area contributed by atoms with E-state index in [1.807, 2.05) is 0 Å². The smallest absolute Gasteiger partial charge is 0.382 e. The van der Waals surface area contributed by atoms with Gasteiger partial charge in [0.2, 0.25) is 0 Å². The molecule has 0 saturated heterocycles. The van der Waals surface area contributed by atoms with Gasteiger partial charge in [0.1, 0.15) is 5.82 Å². The molecule has 1 N–H and O–H groups in total. The van der Waals surface area contributed by atoms with E-state index >= 15 is 0 Å². The van der Waals surface area contributed by atoms with Gasteiger partial charge in [-0.3, -0.25) is 0 Å². The minimum absolute atomic E-state index is 0.00982. The average Bonchev–Trinajstić information content (AvgIpc) is 2.78. The van der Waals surface area contributed by atoms with Crippen LogP contribution in [0.2, 0.25) is 5.02 Å². The molecule has 0 fully saturated rings. The quantitative estimate of drug-likeness (QED) is 0.308. The topological polar surface area (TPSA) is 23.5 Å². The number of nitrogens with zero attached hydrogens (tertiary/aromatic N) is 1. The highest BCUT2D eigenvalue weighted by Gasteiger charge is 2.39. The van der Waals surface area contributed by atoms with Crippen LogP contribution >= 0.6 is 11.6 Å².